The fraction of sp³-hybridized carbons (Fsp3) is 0.667. The Bertz CT molecular complexity index is 416. The van der Waals surface area contributed by atoms with E-state index < -0.39 is 0 Å². The molecule has 0 saturated heterocycles. The van der Waals surface area contributed by atoms with Crippen LogP contribution in [-0.2, 0) is 16.0 Å². The van der Waals surface area contributed by atoms with Gasteiger partial charge in [0.05, 0.1) is 7.11 Å². The van der Waals surface area contributed by atoms with Crippen LogP contribution in [0.15, 0.2) is 11.4 Å². The highest BCUT2D eigenvalue weighted by atomic mass is 32.1. The number of methoxy groups -OCH3 is 1. The minimum absolute atomic E-state index is 0.129. The molecule has 0 fully saturated rings. The van der Waals surface area contributed by atoms with Gasteiger partial charge in [-0.2, -0.15) is 0 Å². The molecular weight excluding hydrogens is 258 g/mol. The van der Waals surface area contributed by atoms with Crippen LogP contribution in [0, 0.1) is 0 Å². The first kappa shape index (κ1) is 14.5. The van der Waals surface area contributed by atoms with E-state index in [1.165, 1.54) is 30.4 Å². The van der Waals surface area contributed by atoms with Gasteiger partial charge in [-0.3, -0.25) is 10.1 Å². The van der Waals surface area contributed by atoms with Crippen LogP contribution in [0.5, 0.6) is 0 Å². The maximum absolute atomic E-state index is 11.9. The van der Waals surface area contributed by atoms with Crippen molar-refractivity contribution in [2.75, 3.05) is 7.11 Å². The SMILES string of the molecule is CCCCC(NC1CCCc2sccc21)C(=O)OC. The monoisotopic (exact) mass is 281 g/mol. The summed E-state index contributed by atoms with van der Waals surface area (Å²) in [6, 6.07) is 2.35. The topological polar surface area (TPSA) is 38.3 Å². The number of fused-ring (bicyclic) bond motifs is 1. The summed E-state index contributed by atoms with van der Waals surface area (Å²) in [6.45, 7) is 2.14. The Balaban J connectivity index is 2.03. The van der Waals surface area contributed by atoms with Crippen molar-refractivity contribution in [3.63, 3.8) is 0 Å². The molecule has 0 spiro atoms. The number of esters is 1. The Morgan fingerprint density at radius 3 is 3.21 bits per heavy atom. The Hall–Kier alpha value is -0.870. The van der Waals surface area contributed by atoms with Crippen LogP contribution < -0.4 is 5.32 Å². The van der Waals surface area contributed by atoms with Gasteiger partial charge in [0.1, 0.15) is 6.04 Å². The van der Waals surface area contributed by atoms with Crippen molar-refractivity contribution in [2.24, 2.45) is 0 Å². The molecule has 1 heterocycles. The second-order valence-electron chi connectivity index (χ2n) is 5.13. The van der Waals surface area contributed by atoms with Crippen molar-refractivity contribution in [2.45, 2.75) is 57.5 Å². The average molecular weight is 281 g/mol. The van der Waals surface area contributed by atoms with Gasteiger partial charge in [-0.1, -0.05) is 19.8 Å². The normalized spacial score (nSPS) is 19.8. The van der Waals surface area contributed by atoms with Gasteiger partial charge in [-0.25, -0.2) is 0 Å². The number of carbonyl (C=O) groups excluding carboxylic acids is 1. The predicted molar refractivity (Wildman–Crippen MR) is 78.5 cm³/mol. The van der Waals surface area contributed by atoms with E-state index in [0.717, 1.165) is 25.7 Å². The number of aryl methyl sites for hydroxylation is 1. The zero-order valence-electron chi connectivity index (χ0n) is 11.8. The maximum Gasteiger partial charge on any atom is 0.322 e. The second-order valence-corrected chi connectivity index (χ2v) is 6.13. The summed E-state index contributed by atoms with van der Waals surface area (Å²) in [7, 11) is 1.47. The van der Waals surface area contributed by atoms with E-state index in [0.29, 0.717) is 6.04 Å². The van der Waals surface area contributed by atoms with Crippen LogP contribution in [0.25, 0.3) is 0 Å². The number of rotatable bonds is 6. The van der Waals surface area contributed by atoms with E-state index in [2.05, 4.69) is 23.7 Å². The van der Waals surface area contributed by atoms with Crippen molar-refractivity contribution < 1.29 is 9.53 Å². The van der Waals surface area contributed by atoms with Crippen molar-refractivity contribution in [3.05, 3.63) is 21.9 Å². The van der Waals surface area contributed by atoms with Crippen molar-refractivity contribution >= 4 is 17.3 Å². The molecule has 1 aromatic heterocycles. The summed E-state index contributed by atoms with van der Waals surface area (Å²) in [5.41, 5.74) is 1.39. The summed E-state index contributed by atoms with van der Waals surface area (Å²) in [5.74, 6) is -0.129. The molecule has 0 bridgehead atoms. The summed E-state index contributed by atoms with van der Waals surface area (Å²) < 4.78 is 4.92. The third-order valence-corrected chi connectivity index (χ3v) is 4.78. The highest BCUT2D eigenvalue weighted by Gasteiger charge is 2.27. The first-order valence-electron chi connectivity index (χ1n) is 7.16. The van der Waals surface area contributed by atoms with Gasteiger partial charge in [0.2, 0.25) is 0 Å². The third-order valence-electron chi connectivity index (χ3n) is 3.79. The number of carbonyl (C=O) groups is 1. The lowest BCUT2D eigenvalue weighted by molar-refractivity contribution is -0.143. The first-order valence-corrected chi connectivity index (χ1v) is 8.04. The van der Waals surface area contributed by atoms with Crippen LogP contribution in [0.3, 0.4) is 0 Å². The summed E-state index contributed by atoms with van der Waals surface area (Å²) >= 11 is 1.83. The van der Waals surface area contributed by atoms with Gasteiger partial charge in [0.25, 0.3) is 0 Å². The fourth-order valence-corrected chi connectivity index (χ4v) is 3.71. The molecular formula is C15H23NO2S. The van der Waals surface area contributed by atoms with Crippen molar-refractivity contribution in [1.82, 2.24) is 5.32 Å². The minimum atomic E-state index is -0.166. The standard InChI is InChI=1S/C15H23NO2S/c1-3-4-6-13(15(17)18-2)16-12-7-5-8-14-11(12)9-10-19-14/h9-10,12-13,16H,3-8H2,1-2H3. The number of thiophene rings is 1. The summed E-state index contributed by atoms with van der Waals surface area (Å²) in [6.07, 6.45) is 6.51. The molecule has 19 heavy (non-hydrogen) atoms. The number of hydrogen-bond donors (Lipinski definition) is 1. The number of unbranched alkanes of at least 4 members (excludes halogenated alkanes) is 1. The Kier molecular flexibility index (Phi) is 5.40. The number of ether oxygens (including phenoxy) is 1. The van der Waals surface area contributed by atoms with E-state index in [9.17, 15) is 4.79 Å². The molecule has 2 atom stereocenters. The molecule has 0 aromatic carbocycles. The van der Waals surface area contributed by atoms with E-state index in [1.807, 2.05) is 11.3 Å². The molecule has 106 valence electrons. The molecule has 0 amide bonds. The molecule has 1 aliphatic rings. The van der Waals surface area contributed by atoms with Gasteiger partial charge in [-0.05, 0) is 42.7 Å². The van der Waals surface area contributed by atoms with Gasteiger partial charge in [-0.15, -0.1) is 11.3 Å². The summed E-state index contributed by atoms with van der Waals surface area (Å²) in [4.78, 5) is 13.3. The number of nitrogens with one attached hydrogen (secondary N) is 1. The van der Waals surface area contributed by atoms with Gasteiger partial charge in [0, 0.05) is 10.9 Å². The van der Waals surface area contributed by atoms with Crippen LogP contribution >= 0.6 is 11.3 Å². The molecule has 3 nitrogen and oxygen atoms in total. The van der Waals surface area contributed by atoms with Crippen LogP contribution in [0.1, 0.15) is 55.5 Å². The third kappa shape index (κ3) is 3.57. The fourth-order valence-electron chi connectivity index (χ4n) is 2.72. The quantitative estimate of drug-likeness (QED) is 0.812. The Morgan fingerprint density at radius 2 is 2.47 bits per heavy atom. The van der Waals surface area contributed by atoms with Crippen molar-refractivity contribution in [3.8, 4) is 0 Å². The Labute approximate surface area is 119 Å². The lowest BCUT2D eigenvalue weighted by Gasteiger charge is -2.27. The van der Waals surface area contributed by atoms with E-state index in [-0.39, 0.29) is 12.0 Å². The van der Waals surface area contributed by atoms with Gasteiger partial charge < -0.3 is 4.74 Å². The van der Waals surface area contributed by atoms with E-state index in [4.69, 9.17) is 4.74 Å². The van der Waals surface area contributed by atoms with E-state index in [1.54, 1.807) is 0 Å². The molecule has 1 aromatic rings. The Morgan fingerprint density at radius 1 is 1.63 bits per heavy atom. The van der Waals surface area contributed by atoms with Crippen LogP contribution in [0.4, 0.5) is 0 Å². The van der Waals surface area contributed by atoms with E-state index >= 15 is 0 Å². The minimum Gasteiger partial charge on any atom is -0.468 e. The average Bonchev–Trinajstić information content (AvgIpc) is 2.91. The molecule has 0 saturated carbocycles. The van der Waals surface area contributed by atoms with Gasteiger partial charge >= 0.3 is 5.97 Å². The first-order chi connectivity index (χ1) is 9.26. The molecule has 4 heteroatoms. The lowest BCUT2D eigenvalue weighted by Crippen LogP contribution is -2.40. The van der Waals surface area contributed by atoms with Crippen LogP contribution in [-0.4, -0.2) is 19.1 Å². The smallest absolute Gasteiger partial charge is 0.322 e. The largest absolute Gasteiger partial charge is 0.468 e. The van der Waals surface area contributed by atoms with Crippen LogP contribution in [0.2, 0.25) is 0 Å². The molecule has 1 aliphatic carbocycles. The van der Waals surface area contributed by atoms with Crippen molar-refractivity contribution in [1.29, 1.82) is 0 Å². The molecule has 0 radical (unpaired) electrons. The molecule has 2 rings (SSSR count). The molecule has 1 N–H and O–H groups in total. The highest BCUT2D eigenvalue weighted by molar-refractivity contribution is 7.10. The number of hydrogen-bond acceptors (Lipinski definition) is 4. The highest BCUT2D eigenvalue weighted by Crippen LogP contribution is 2.33. The zero-order valence-corrected chi connectivity index (χ0v) is 12.6. The summed E-state index contributed by atoms with van der Waals surface area (Å²) in [5, 5.41) is 5.67. The maximum atomic E-state index is 11.9. The second kappa shape index (κ2) is 7.06. The molecule has 2 unspecified atom stereocenters. The predicted octanol–water partition coefficient (Wildman–Crippen LogP) is 3.45. The molecule has 0 aliphatic heterocycles. The lowest BCUT2D eigenvalue weighted by atomic mass is 9.93. The van der Waals surface area contributed by atoms with Gasteiger partial charge in [0.15, 0.2) is 0 Å². The zero-order chi connectivity index (χ0) is 13.7.